The van der Waals surface area contributed by atoms with Crippen LogP contribution in [-0.2, 0) is 0 Å². The lowest BCUT2D eigenvalue weighted by molar-refractivity contribution is 0.324. The van der Waals surface area contributed by atoms with Gasteiger partial charge in [-0.25, -0.2) is 9.97 Å². The Morgan fingerprint density at radius 3 is 2.65 bits per heavy atom. The predicted octanol–water partition coefficient (Wildman–Crippen LogP) is 2.09. The van der Waals surface area contributed by atoms with Crippen LogP contribution in [0.25, 0.3) is 0 Å². The van der Waals surface area contributed by atoms with Gasteiger partial charge in [0.05, 0.1) is 0 Å². The molecule has 92 valence electrons. The lowest BCUT2D eigenvalue weighted by Gasteiger charge is -2.16. The van der Waals surface area contributed by atoms with Crippen molar-refractivity contribution >= 4 is 11.8 Å². The molecule has 17 heavy (non-hydrogen) atoms. The summed E-state index contributed by atoms with van der Waals surface area (Å²) < 4.78 is 0. The first kappa shape index (κ1) is 13.9. The van der Waals surface area contributed by atoms with Gasteiger partial charge in [-0.2, -0.15) is 5.26 Å². The van der Waals surface area contributed by atoms with Gasteiger partial charge in [-0.05, 0) is 26.1 Å². The van der Waals surface area contributed by atoms with E-state index in [9.17, 15) is 0 Å². The maximum absolute atomic E-state index is 8.82. The molecule has 1 heterocycles. The van der Waals surface area contributed by atoms with Crippen molar-refractivity contribution < 1.29 is 0 Å². The predicted molar refractivity (Wildman–Crippen MR) is 70.0 cm³/mol. The fourth-order valence-electron chi connectivity index (χ4n) is 1.47. The van der Waals surface area contributed by atoms with E-state index in [4.69, 9.17) is 5.26 Å². The van der Waals surface area contributed by atoms with Gasteiger partial charge in [0.1, 0.15) is 11.8 Å². The van der Waals surface area contributed by atoms with Crippen LogP contribution in [0.1, 0.15) is 25.2 Å². The Labute approximate surface area is 107 Å². The molecule has 1 aromatic heterocycles. The van der Waals surface area contributed by atoms with E-state index >= 15 is 0 Å². The molecule has 0 bridgehead atoms. The minimum Gasteiger partial charge on any atom is -0.303 e. The van der Waals surface area contributed by atoms with E-state index in [2.05, 4.69) is 34.8 Å². The summed E-state index contributed by atoms with van der Waals surface area (Å²) in [6, 6.07) is 3.76. The summed E-state index contributed by atoms with van der Waals surface area (Å²) in [6.07, 6.45) is 0. The van der Waals surface area contributed by atoms with Crippen LogP contribution < -0.4 is 0 Å². The van der Waals surface area contributed by atoms with Crippen LogP contribution in [0.5, 0.6) is 0 Å². The van der Waals surface area contributed by atoms with Crippen molar-refractivity contribution in [2.45, 2.75) is 25.9 Å². The van der Waals surface area contributed by atoms with E-state index in [0.717, 1.165) is 31.1 Å². The van der Waals surface area contributed by atoms with Crippen molar-refractivity contribution in [1.82, 2.24) is 14.9 Å². The monoisotopic (exact) mass is 250 g/mol. The molecule has 0 aromatic carbocycles. The number of thioether (sulfide) groups is 1. The molecule has 0 aliphatic heterocycles. The summed E-state index contributed by atoms with van der Waals surface area (Å²) in [5.41, 5.74) is 1.30. The maximum atomic E-state index is 8.82. The first-order valence-corrected chi connectivity index (χ1v) is 6.79. The van der Waals surface area contributed by atoms with Crippen LogP contribution in [0.3, 0.4) is 0 Å². The standard InChI is InChI=1S/C12H18N4S/c1-4-16(5-2)6-7-17-12-14-10(3)8-11(9-13)15-12/h8H,4-7H2,1-3H3. The van der Waals surface area contributed by atoms with Crippen LogP contribution in [0.2, 0.25) is 0 Å². The molecule has 0 N–H and O–H groups in total. The number of nitrogens with zero attached hydrogens (tertiary/aromatic N) is 4. The molecule has 0 saturated carbocycles. The van der Waals surface area contributed by atoms with Gasteiger partial charge >= 0.3 is 0 Å². The summed E-state index contributed by atoms with van der Waals surface area (Å²) in [5.74, 6) is 0.954. The molecular weight excluding hydrogens is 232 g/mol. The Balaban J connectivity index is 2.52. The average Bonchev–Trinajstić information content (AvgIpc) is 2.34. The first-order chi connectivity index (χ1) is 8.19. The molecule has 0 radical (unpaired) electrons. The molecule has 0 atom stereocenters. The van der Waals surface area contributed by atoms with Crippen molar-refractivity contribution in [3.63, 3.8) is 0 Å². The Kier molecular flexibility index (Phi) is 5.95. The van der Waals surface area contributed by atoms with E-state index in [0.29, 0.717) is 10.9 Å². The number of nitriles is 1. The molecule has 4 nitrogen and oxygen atoms in total. The highest BCUT2D eigenvalue weighted by Gasteiger charge is 2.04. The minimum absolute atomic E-state index is 0.447. The summed E-state index contributed by atoms with van der Waals surface area (Å²) >= 11 is 1.61. The molecule has 0 unspecified atom stereocenters. The second-order valence-corrected chi connectivity index (χ2v) is 4.73. The largest absolute Gasteiger partial charge is 0.303 e. The van der Waals surface area contributed by atoms with Crippen molar-refractivity contribution in [3.8, 4) is 6.07 Å². The van der Waals surface area contributed by atoms with Gasteiger partial charge in [-0.15, -0.1) is 0 Å². The van der Waals surface area contributed by atoms with Gasteiger partial charge < -0.3 is 4.90 Å². The Bertz CT molecular complexity index is 396. The highest BCUT2D eigenvalue weighted by atomic mass is 32.2. The smallest absolute Gasteiger partial charge is 0.189 e. The summed E-state index contributed by atoms with van der Waals surface area (Å²) in [4.78, 5) is 10.8. The number of hydrogen-bond acceptors (Lipinski definition) is 5. The third-order valence-corrected chi connectivity index (χ3v) is 3.31. The highest BCUT2D eigenvalue weighted by molar-refractivity contribution is 7.99. The Morgan fingerprint density at radius 2 is 2.06 bits per heavy atom. The molecule has 0 aliphatic rings. The van der Waals surface area contributed by atoms with Crippen molar-refractivity contribution in [3.05, 3.63) is 17.5 Å². The first-order valence-electron chi connectivity index (χ1n) is 5.80. The van der Waals surface area contributed by atoms with E-state index < -0.39 is 0 Å². The van der Waals surface area contributed by atoms with E-state index in [1.54, 1.807) is 17.8 Å². The third kappa shape index (κ3) is 4.72. The van der Waals surface area contributed by atoms with Gasteiger partial charge in [0.25, 0.3) is 0 Å². The minimum atomic E-state index is 0.447. The lowest BCUT2D eigenvalue weighted by Crippen LogP contribution is -2.25. The molecule has 5 heteroatoms. The second kappa shape index (κ2) is 7.25. The Hall–Kier alpha value is -1.12. The van der Waals surface area contributed by atoms with Crippen molar-refractivity contribution in [2.24, 2.45) is 0 Å². The van der Waals surface area contributed by atoms with Gasteiger partial charge in [0.15, 0.2) is 5.16 Å². The quantitative estimate of drug-likeness (QED) is 0.571. The van der Waals surface area contributed by atoms with Gasteiger partial charge in [-0.3, -0.25) is 0 Å². The second-order valence-electron chi connectivity index (χ2n) is 3.66. The maximum Gasteiger partial charge on any atom is 0.189 e. The third-order valence-electron chi connectivity index (χ3n) is 2.48. The SMILES string of the molecule is CCN(CC)CCSc1nc(C)cc(C#N)n1. The molecule has 1 rings (SSSR count). The average molecular weight is 250 g/mol. The number of hydrogen-bond donors (Lipinski definition) is 0. The normalized spacial score (nSPS) is 10.5. The van der Waals surface area contributed by atoms with Gasteiger partial charge in [0.2, 0.25) is 0 Å². The molecular formula is C12H18N4S. The van der Waals surface area contributed by atoms with E-state index in [1.807, 2.05) is 6.92 Å². The van der Waals surface area contributed by atoms with E-state index in [1.165, 1.54) is 0 Å². The molecule has 0 aliphatic carbocycles. The van der Waals surface area contributed by atoms with Crippen LogP contribution >= 0.6 is 11.8 Å². The summed E-state index contributed by atoms with van der Waals surface area (Å²) in [5, 5.41) is 9.52. The summed E-state index contributed by atoms with van der Waals surface area (Å²) in [7, 11) is 0. The number of aryl methyl sites for hydroxylation is 1. The molecule has 0 spiro atoms. The zero-order valence-electron chi connectivity index (χ0n) is 10.6. The van der Waals surface area contributed by atoms with Crippen molar-refractivity contribution in [1.29, 1.82) is 5.26 Å². The highest BCUT2D eigenvalue weighted by Crippen LogP contribution is 2.14. The fourth-order valence-corrected chi connectivity index (χ4v) is 2.37. The summed E-state index contributed by atoms with van der Waals surface area (Å²) in [6.45, 7) is 9.36. The lowest BCUT2D eigenvalue weighted by atomic mass is 10.4. The van der Waals surface area contributed by atoms with Gasteiger partial charge in [0, 0.05) is 18.0 Å². The van der Waals surface area contributed by atoms with E-state index in [-0.39, 0.29) is 0 Å². The van der Waals surface area contributed by atoms with Crippen LogP contribution in [0.4, 0.5) is 0 Å². The molecule has 0 fully saturated rings. The molecule has 1 aromatic rings. The number of rotatable bonds is 6. The zero-order valence-corrected chi connectivity index (χ0v) is 11.4. The zero-order chi connectivity index (χ0) is 12.7. The topological polar surface area (TPSA) is 52.8 Å². The molecule has 0 saturated heterocycles. The molecule has 0 amide bonds. The van der Waals surface area contributed by atoms with Crippen LogP contribution in [-0.4, -0.2) is 40.3 Å². The van der Waals surface area contributed by atoms with Crippen LogP contribution in [0, 0.1) is 18.3 Å². The van der Waals surface area contributed by atoms with Crippen molar-refractivity contribution in [2.75, 3.05) is 25.4 Å². The fraction of sp³-hybridized carbons (Fsp3) is 0.583. The van der Waals surface area contributed by atoms with Crippen LogP contribution in [0.15, 0.2) is 11.2 Å². The van der Waals surface area contributed by atoms with Gasteiger partial charge in [-0.1, -0.05) is 25.6 Å². The number of aromatic nitrogens is 2. The Morgan fingerprint density at radius 1 is 1.35 bits per heavy atom.